The van der Waals surface area contributed by atoms with Gasteiger partial charge in [0.05, 0.1) is 12.3 Å². The van der Waals surface area contributed by atoms with Gasteiger partial charge >= 0.3 is 0 Å². The fourth-order valence-corrected chi connectivity index (χ4v) is 0.887. The number of nitrogen functional groups attached to an aromatic ring is 1. The smallest absolute Gasteiger partial charge is 0.140 e. The van der Waals surface area contributed by atoms with E-state index in [0.29, 0.717) is 18.0 Å². The highest BCUT2D eigenvalue weighted by atomic mass is 16.5. The van der Waals surface area contributed by atoms with E-state index in [1.165, 1.54) is 6.07 Å². The number of hydrogen-bond donors (Lipinski definition) is 3. The van der Waals surface area contributed by atoms with Crippen molar-refractivity contribution < 1.29 is 9.84 Å². The topological polar surface area (TPSA) is 67.5 Å². The summed E-state index contributed by atoms with van der Waals surface area (Å²) in [4.78, 5) is 0. The Morgan fingerprint density at radius 2 is 2.33 bits per heavy atom. The van der Waals surface area contributed by atoms with Gasteiger partial charge in [0.15, 0.2) is 0 Å². The van der Waals surface area contributed by atoms with E-state index in [9.17, 15) is 5.11 Å². The van der Waals surface area contributed by atoms with Gasteiger partial charge < -0.3 is 15.3 Å². The maximum Gasteiger partial charge on any atom is 0.140 e. The molecule has 0 heterocycles. The summed E-state index contributed by atoms with van der Waals surface area (Å²) in [7, 11) is 0. The van der Waals surface area contributed by atoms with E-state index >= 15 is 0 Å². The highest BCUT2D eigenvalue weighted by Gasteiger charge is 2.00. The molecule has 0 aliphatic carbocycles. The lowest BCUT2D eigenvalue weighted by Gasteiger charge is -2.06. The van der Waals surface area contributed by atoms with Crippen LogP contribution in [0.2, 0.25) is 0 Å². The highest BCUT2D eigenvalue weighted by Crippen LogP contribution is 2.26. The van der Waals surface area contributed by atoms with E-state index < -0.39 is 0 Å². The molecule has 1 rings (SSSR count). The Balaban J connectivity index is 2.89. The molecule has 66 valence electrons. The molecule has 12 heavy (non-hydrogen) atoms. The first-order chi connectivity index (χ1) is 5.77. The summed E-state index contributed by atoms with van der Waals surface area (Å²) in [5, 5.41) is 9.21. The minimum Gasteiger partial charge on any atom is -0.506 e. The molecule has 4 N–H and O–H groups in total. The maximum atomic E-state index is 9.21. The van der Waals surface area contributed by atoms with E-state index in [2.05, 4.69) is 5.43 Å². The number of phenols is 1. The van der Waals surface area contributed by atoms with Crippen LogP contribution >= 0.6 is 0 Å². The molecule has 0 bridgehead atoms. The van der Waals surface area contributed by atoms with Gasteiger partial charge in [-0.1, -0.05) is 0 Å². The van der Waals surface area contributed by atoms with Crippen LogP contribution in [0.3, 0.4) is 0 Å². The molecule has 0 radical (unpaired) electrons. The van der Waals surface area contributed by atoms with Crippen molar-refractivity contribution in [2.24, 2.45) is 5.84 Å². The number of nitrogens with two attached hydrogens (primary N) is 1. The largest absolute Gasteiger partial charge is 0.506 e. The Bertz CT molecular complexity index is 263. The van der Waals surface area contributed by atoms with Crippen molar-refractivity contribution >= 4 is 5.69 Å². The van der Waals surface area contributed by atoms with Gasteiger partial charge in [0.2, 0.25) is 0 Å². The zero-order valence-corrected chi connectivity index (χ0v) is 6.87. The van der Waals surface area contributed by atoms with E-state index in [0.717, 1.165) is 0 Å². The average Bonchev–Trinajstić information content (AvgIpc) is 2.09. The highest BCUT2D eigenvalue weighted by molar-refractivity contribution is 5.58. The molecule has 0 aromatic heterocycles. The second-order valence-corrected chi connectivity index (χ2v) is 2.26. The Hall–Kier alpha value is -1.42. The van der Waals surface area contributed by atoms with Gasteiger partial charge in [0, 0.05) is 6.07 Å². The number of nitrogens with one attached hydrogen (secondary N) is 1. The normalized spacial score (nSPS) is 9.50. The fourth-order valence-electron chi connectivity index (χ4n) is 0.887. The van der Waals surface area contributed by atoms with Crippen molar-refractivity contribution in [1.82, 2.24) is 0 Å². The molecule has 1 aromatic rings. The second kappa shape index (κ2) is 3.82. The van der Waals surface area contributed by atoms with Crippen LogP contribution in [-0.4, -0.2) is 11.7 Å². The summed E-state index contributed by atoms with van der Waals surface area (Å²) in [6.45, 7) is 2.48. The third-order valence-corrected chi connectivity index (χ3v) is 1.43. The van der Waals surface area contributed by atoms with Gasteiger partial charge in [-0.2, -0.15) is 0 Å². The lowest BCUT2D eigenvalue weighted by Crippen LogP contribution is -2.07. The predicted molar refractivity (Wildman–Crippen MR) is 47.1 cm³/mol. The van der Waals surface area contributed by atoms with Gasteiger partial charge in [-0.3, -0.25) is 5.84 Å². The molecule has 0 saturated heterocycles. The first-order valence-electron chi connectivity index (χ1n) is 3.70. The summed E-state index contributed by atoms with van der Waals surface area (Å²) >= 11 is 0. The maximum absolute atomic E-state index is 9.21. The molecule has 0 atom stereocenters. The van der Waals surface area contributed by atoms with E-state index in [-0.39, 0.29) is 5.75 Å². The molecule has 4 heteroatoms. The molecule has 0 aliphatic rings. The number of phenolic OH excluding ortho intramolecular Hbond substituents is 1. The lowest BCUT2D eigenvalue weighted by atomic mass is 10.3. The SMILES string of the molecule is CCOc1ccc(O)c(NN)c1. The number of benzene rings is 1. The molecule has 0 aliphatic heterocycles. The Labute approximate surface area is 70.9 Å². The third kappa shape index (κ3) is 1.79. The van der Waals surface area contributed by atoms with Gasteiger partial charge in [-0.05, 0) is 19.1 Å². The molecule has 1 aromatic carbocycles. The molecule has 0 fully saturated rings. The first kappa shape index (κ1) is 8.67. The predicted octanol–water partition coefficient (Wildman–Crippen LogP) is 1.08. The second-order valence-electron chi connectivity index (χ2n) is 2.26. The standard InChI is InChI=1S/C8H12N2O2/c1-2-12-6-3-4-8(11)7(5-6)10-9/h3-5,10-11H,2,9H2,1H3. The first-order valence-corrected chi connectivity index (χ1v) is 3.70. The lowest BCUT2D eigenvalue weighted by molar-refractivity contribution is 0.339. The van der Waals surface area contributed by atoms with Gasteiger partial charge in [-0.15, -0.1) is 0 Å². The van der Waals surface area contributed by atoms with Crippen molar-refractivity contribution in [3.8, 4) is 11.5 Å². The summed E-state index contributed by atoms with van der Waals surface area (Å²) in [6.07, 6.45) is 0. The van der Waals surface area contributed by atoms with Crippen LogP contribution in [0, 0.1) is 0 Å². The Morgan fingerprint density at radius 1 is 1.58 bits per heavy atom. The zero-order chi connectivity index (χ0) is 8.97. The number of rotatable bonds is 3. The molecule has 0 saturated carbocycles. The molecular weight excluding hydrogens is 156 g/mol. The van der Waals surface area contributed by atoms with Crippen molar-refractivity contribution in [3.05, 3.63) is 18.2 Å². The molecule has 0 spiro atoms. The van der Waals surface area contributed by atoms with Crippen LogP contribution in [0.5, 0.6) is 11.5 Å². The summed E-state index contributed by atoms with van der Waals surface area (Å²) in [6, 6.07) is 4.85. The van der Waals surface area contributed by atoms with Gasteiger partial charge in [0.25, 0.3) is 0 Å². The van der Waals surface area contributed by atoms with Crippen molar-refractivity contribution in [2.75, 3.05) is 12.0 Å². The number of ether oxygens (including phenoxy) is 1. The zero-order valence-electron chi connectivity index (χ0n) is 6.87. The quantitative estimate of drug-likeness (QED) is 0.359. The summed E-state index contributed by atoms with van der Waals surface area (Å²) in [5.41, 5.74) is 2.82. The fraction of sp³-hybridized carbons (Fsp3) is 0.250. The molecule has 4 nitrogen and oxygen atoms in total. The van der Waals surface area contributed by atoms with Crippen molar-refractivity contribution in [3.63, 3.8) is 0 Å². The van der Waals surface area contributed by atoms with Crippen LogP contribution in [-0.2, 0) is 0 Å². The van der Waals surface area contributed by atoms with Crippen molar-refractivity contribution in [2.45, 2.75) is 6.92 Å². The monoisotopic (exact) mass is 168 g/mol. The third-order valence-electron chi connectivity index (χ3n) is 1.43. The summed E-state index contributed by atoms with van der Waals surface area (Å²) < 4.78 is 5.20. The number of anilines is 1. The molecule has 0 unspecified atom stereocenters. The van der Waals surface area contributed by atoms with Crippen LogP contribution < -0.4 is 16.0 Å². The Morgan fingerprint density at radius 3 is 2.92 bits per heavy atom. The minimum absolute atomic E-state index is 0.112. The summed E-state index contributed by atoms with van der Waals surface area (Å²) in [5.74, 6) is 5.95. The van der Waals surface area contributed by atoms with Crippen LogP contribution in [0.15, 0.2) is 18.2 Å². The van der Waals surface area contributed by atoms with Gasteiger partial charge in [0.1, 0.15) is 11.5 Å². The molecular formula is C8H12N2O2. The van der Waals surface area contributed by atoms with Gasteiger partial charge in [-0.25, -0.2) is 0 Å². The number of hydrazine groups is 1. The number of hydrogen-bond acceptors (Lipinski definition) is 4. The van der Waals surface area contributed by atoms with E-state index in [4.69, 9.17) is 10.6 Å². The average molecular weight is 168 g/mol. The van der Waals surface area contributed by atoms with E-state index in [1.807, 2.05) is 6.92 Å². The van der Waals surface area contributed by atoms with Crippen LogP contribution in [0.25, 0.3) is 0 Å². The van der Waals surface area contributed by atoms with E-state index in [1.54, 1.807) is 12.1 Å². The van der Waals surface area contributed by atoms with Crippen LogP contribution in [0.1, 0.15) is 6.92 Å². The minimum atomic E-state index is 0.112. The Kier molecular flexibility index (Phi) is 2.76. The number of aromatic hydroxyl groups is 1. The van der Waals surface area contributed by atoms with Crippen molar-refractivity contribution in [1.29, 1.82) is 0 Å². The molecule has 0 amide bonds. The van der Waals surface area contributed by atoms with Crippen LogP contribution in [0.4, 0.5) is 5.69 Å².